The highest BCUT2D eigenvalue weighted by atomic mass is 35.5. The number of rotatable bonds is 4. The molecule has 7 nitrogen and oxygen atoms in total. The van der Waals surface area contributed by atoms with E-state index in [4.69, 9.17) is 31.5 Å². The van der Waals surface area contributed by atoms with Crippen LogP contribution in [0.2, 0.25) is 5.15 Å². The topological polar surface area (TPSA) is 107 Å². The van der Waals surface area contributed by atoms with Gasteiger partial charge in [-0.15, -0.1) is 0 Å². The number of nitrogens with two attached hydrogens (primary N) is 1. The van der Waals surface area contributed by atoms with Crippen molar-refractivity contribution in [1.82, 2.24) is 4.98 Å². The first-order valence-corrected chi connectivity index (χ1v) is 8.88. The van der Waals surface area contributed by atoms with Crippen LogP contribution in [-0.4, -0.2) is 24.7 Å². The van der Waals surface area contributed by atoms with Crippen LogP contribution in [0.25, 0.3) is 10.9 Å². The number of hydrogen-bond donors (Lipinski definition) is 1. The molecule has 0 saturated carbocycles. The molecule has 0 fully saturated rings. The predicted molar refractivity (Wildman–Crippen MR) is 103 cm³/mol. The van der Waals surface area contributed by atoms with Crippen LogP contribution < -0.4 is 10.5 Å². The number of carbonyl (C=O) groups excluding carboxylic acids is 1. The van der Waals surface area contributed by atoms with Crippen molar-refractivity contribution in [1.29, 1.82) is 5.26 Å². The van der Waals surface area contributed by atoms with Crippen LogP contribution in [0.3, 0.4) is 0 Å². The second kappa shape index (κ2) is 7.79. The van der Waals surface area contributed by atoms with Crippen LogP contribution in [0.4, 0.5) is 0 Å². The average Bonchev–Trinajstić information content (AvgIpc) is 2.66. The van der Waals surface area contributed by atoms with Gasteiger partial charge in [0.2, 0.25) is 5.88 Å². The minimum absolute atomic E-state index is 0.0691. The van der Waals surface area contributed by atoms with Gasteiger partial charge in [0.05, 0.1) is 30.7 Å². The Labute approximate surface area is 166 Å². The second-order valence-electron chi connectivity index (χ2n) is 6.04. The van der Waals surface area contributed by atoms with Gasteiger partial charge >= 0.3 is 5.97 Å². The molecule has 0 bridgehead atoms. The maximum Gasteiger partial charge on any atom is 0.338 e. The second-order valence-corrected chi connectivity index (χ2v) is 6.40. The monoisotopic (exact) mass is 399 g/mol. The van der Waals surface area contributed by atoms with Gasteiger partial charge in [-0.2, -0.15) is 5.26 Å². The number of halogens is 1. The third kappa shape index (κ3) is 3.35. The molecule has 2 heterocycles. The molecule has 2 N–H and O–H groups in total. The van der Waals surface area contributed by atoms with E-state index in [1.165, 1.54) is 0 Å². The Morgan fingerprint density at radius 2 is 2.18 bits per heavy atom. The van der Waals surface area contributed by atoms with E-state index in [2.05, 4.69) is 4.98 Å². The molecule has 28 heavy (non-hydrogen) atoms. The van der Waals surface area contributed by atoms with E-state index < -0.39 is 11.9 Å². The molecule has 0 spiro atoms. The van der Waals surface area contributed by atoms with Crippen LogP contribution in [0, 0.1) is 11.3 Å². The number of aromatic nitrogens is 1. The van der Waals surface area contributed by atoms with E-state index in [1.807, 2.05) is 6.07 Å². The van der Waals surface area contributed by atoms with Crippen molar-refractivity contribution in [2.24, 2.45) is 5.73 Å². The smallest absolute Gasteiger partial charge is 0.338 e. The molecular weight excluding hydrogens is 382 g/mol. The Kier molecular flexibility index (Phi) is 5.43. The maximum atomic E-state index is 12.6. The number of pyridine rings is 1. The van der Waals surface area contributed by atoms with E-state index in [-0.39, 0.29) is 34.5 Å². The number of methoxy groups -OCH3 is 1. The highest BCUT2D eigenvalue weighted by Gasteiger charge is 2.37. The van der Waals surface area contributed by atoms with E-state index >= 15 is 0 Å². The van der Waals surface area contributed by atoms with Crippen LogP contribution in [0.5, 0.6) is 5.75 Å². The van der Waals surface area contributed by atoms with Gasteiger partial charge in [0, 0.05) is 10.9 Å². The molecule has 144 valence electrons. The average molecular weight is 400 g/mol. The van der Waals surface area contributed by atoms with Crippen LogP contribution in [0.1, 0.15) is 25.3 Å². The molecule has 1 aromatic carbocycles. The summed E-state index contributed by atoms with van der Waals surface area (Å²) in [7, 11) is 1.56. The van der Waals surface area contributed by atoms with E-state index in [0.717, 1.165) is 5.39 Å². The maximum absolute atomic E-state index is 12.6. The number of fused-ring (bicyclic) bond motifs is 1. The van der Waals surface area contributed by atoms with Crippen molar-refractivity contribution in [3.8, 4) is 11.8 Å². The number of benzene rings is 1. The van der Waals surface area contributed by atoms with Gasteiger partial charge < -0.3 is 19.9 Å². The summed E-state index contributed by atoms with van der Waals surface area (Å²) in [5.74, 6) is -0.649. The Bertz CT molecular complexity index is 1070. The van der Waals surface area contributed by atoms with Crippen LogP contribution in [-0.2, 0) is 14.3 Å². The number of hydrogen-bond acceptors (Lipinski definition) is 7. The summed E-state index contributed by atoms with van der Waals surface area (Å²) >= 11 is 6.44. The first-order chi connectivity index (χ1) is 13.4. The molecule has 1 aliphatic rings. The molecule has 1 aromatic heterocycles. The summed E-state index contributed by atoms with van der Waals surface area (Å²) < 4.78 is 15.8. The third-order valence-electron chi connectivity index (χ3n) is 4.41. The molecule has 0 saturated heterocycles. The Balaban J connectivity index is 2.26. The summed E-state index contributed by atoms with van der Waals surface area (Å²) in [6.45, 7) is 3.45. The molecule has 0 aliphatic carbocycles. The standard InChI is InChI=1S/C20H18ClN3O4/c1-4-27-20(25)16-10(2)28-19(23)14(9-22)17(16)13-8-11-7-12(26-3)5-6-15(11)24-18(13)21/h5-8,17H,4,23H2,1-3H3/t17-/m0/s1. The van der Waals surface area contributed by atoms with Gasteiger partial charge in [-0.25, -0.2) is 9.78 Å². The summed E-state index contributed by atoms with van der Waals surface area (Å²) in [4.78, 5) is 17.0. The normalized spacial score (nSPS) is 16.6. The Morgan fingerprint density at radius 1 is 1.43 bits per heavy atom. The minimum Gasteiger partial charge on any atom is -0.497 e. The summed E-state index contributed by atoms with van der Waals surface area (Å²) in [6.07, 6.45) is 0. The SMILES string of the molecule is CCOC(=O)C1=C(C)OC(N)=C(C#N)[C@@H]1c1cc2cc(OC)ccc2nc1Cl. The number of nitriles is 1. The summed E-state index contributed by atoms with van der Waals surface area (Å²) in [6, 6.07) is 9.13. The van der Waals surface area contributed by atoms with E-state index in [9.17, 15) is 10.1 Å². The molecule has 1 atom stereocenters. The Hall–Kier alpha value is -3.24. The van der Waals surface area contributed by atoms with Gasteiger partial charge in [0.25, 0.3) is 0 Å². The lowest BCUT2D eigenvalue weighted by Gasteiger charge is -2.27. The largest absolute Gasteiger partial charge is 0.497 e. The molecule has 0 amide bonds. The lowest BCUT2D eigenvalue weighted by atomic mass is 9.83. The van der Waals surface area contributed by atoms with Gasteiger partial charge in [-0.1, -0.05) is 11.6 Å². The van der Waals surface area contributed by atoms with Gasteiger partial charge in [-0.3, -0.25) is 0 Å². The zero-order chi connectivity index (χ0) is 20.4. The van der Waals surface area contributed by atoms with Crippen molar-refractivity contribution in [3.63, 3.8) is 0 Å². The lowest BCUT2D eigenvalue weighted by molar-refractivity contribution is -0.139. The van der Waals surface area contributed by atoms with E-state index in [0.29, 0.717) is 16.8 Å². The van der Waals surface area contributed by atoms with Crippen LogP contribution in [0.15, 0.2) is 47.1 Å². The predicted octanol–water partition coefficient (Wildman–Crippen LogP) is 3.54. The van der Waals surface area contributed by atoms with Crippen LogP contribution >= 0.6 is 11.6 Å². The van der Waals surface area contributed by atoms with Crippen molar-refractivity contribution >= 4 is 28.5 Å². The Morgan fingerprint density at radius 3 is 2.82 bits per heavy atom. The number of nitrogens with zero attached hydrogens (tertiary/aromatic N) is 2. The fraction of sp³-hybridized carbons (Fsp3) is 0.250. The van der Waals surface area contributed by atoms with Gasteiger partial charge in [0.15, 0.2) is 0 Å². The fourth-order valence-electron chi connectivity index (χ4n) is 3.14. The molecule has 1 aliphatic heterocycles. The summed E-state index contributed by atoms with van der Waals surface area (Å²) in [5.41, 5.74) is 7.25. The summed E-state index contributed by atoms with van der Waals surface area (Å²) in [5, 5.41) is 10.6. The van der Waals surface area contributed by atoms with Crippen molar-refractivity contribution in [2.45, 2.75) is 19.8 Å². The first-order valence-electron chi connectivity index (χ1n) is 8.50. The quantitative estimate of drug-likeness (QED) is 0.618. The zero-order valence-electron chi connectivity index (χ0n) is 15.6. The molecule has 0 radical (unpaired) electrons. The van der Waals surface area contributed by atoms with Crippen molar-refractivity contribution in [2.75, 3.05) is 13.7 Å². The van der Waals surface area contributed by atoms with Crippen molar-refractivity contribution < 1.29 is 19.0 Å². The number of allylic oxidation sites excluding steroid dienone is 2. The molecular formula is C20H18ClN3O4. The van der Waals surface area contributed by atoms with Crippen molar-refractivity contribution in [3.05, 3.63) is 57.8 Å². The number of ether oxygens (including phenoxy) is 3. The third-order valence-corrected chi connectivity index (χ3v) is 4.72. The minimum atomic E-state index is -0.853. The lowest BCUT2D eigenvalue weighted by Crippen LogP contribution is -2.25. The highest BCUT2D eigenvalue weighted by molar-refractivity contribution is 6.30. The van der Waals surface area contributed by atoms with E-state index in [1.54, 1.807) is 45.2 Å². The molecule has 3 rings (SSSR count). The fourth-order valence-corrected chi connectivity index (χ4v) is 3.40. The number of esters is 1. The van der Waals surface area contributed by atoms with Gasteiger partial charge in [-0.05, 0) is 38.1 Å². The molecule has 8 heteroatoms. The molecule has 0 unspecified atom stereocenters. The first kappa shape index (κ1) is 19.5. The van der Waals surface area contributed by atoms with Gasteiger partial charge in [0.1, 0.15) is 28.3 Å². The zero-order valence-corrected chi connectivity index (χ0v) is 16.3. The number of carbonyl (C=O) groups is 1. The molecule has 2 aromatic rings. The highest BCUT2D eigenvalue weighted by Crippen LogP contribution is 2.42.